The minimum Gasteiger partial charge on any atom is -0.465 e. The molecule has 33 heavy (non-hydrogen) atoms. The van der Waals surface area contributed by atoms with E-state index in [-0.39, 0.29) is 24.0 Å². The van der Waals surface area contributed by atoms with E-state index in [2.05, 4.69) is 5.32 Å². The Morgan fingerprint density at radius 2 is 1.82 bits per heavy atom. The molecule has 0 aliphatic heterocycles. The van der Waals surface area contributed by atoms with Crippen LogP contribution in [-0.2, 0) is 14.3 Å². The van der Waals surface area contributed by atoms with Crippen LogP contribution in [-0.4, -0.2) is 35.8 Å². The number of ether oxygens (including phenoxy) is 1. The maximum Gasteiger partial charge on any atom is 0.399 e. The van der Waals surface area contributed by atoms with Gasteiger partial charge in [0.25, 0.3) is 0 Å². The third kappa shape index (κ3) is 5.42. The highest BCUT2D eigenvalue weighted by molar-refractivity contribution is 6.32. The Bertz CT molecular complexity index is 1120. The van der Waals surface area contributed by atoms with E-state index in [1.807, 2.05) is 5.32 Å². The molecule has 2 aromatic rings. The average Bonchev–Trinajstić information content (AvgIpc) is 3.53. The van der Waals surface area contributed by atoms with Crippen LogP contribution in [0.25, 0.3) is 11.1 Å². The average molecular weight is 503 g/mol. The van der Waals surface area contributed by atoms with Crippen LogP contribution < -0.4 is 10.6 Å². The summed E-state index contributed by atoms with van der Waals surface area (Å²) in [7, 11) is 1.22. The van der Waals surface area contributed by atoms with E-state index in [4.69, 9.17) is 27.9 Å². The zero-order chi connectivity index (χ0) is 24.6. The molecule has 2 aromatic carbocycles. The number of methoxy groups -OCH3 is 1. The number of rotatable bonds is 7. The number of alkyl halides is 3. The molecule has 176 valence electrons. The van der Waals surface area contributed by atoms with E-state index in [1.54, 1.807) is 6.07 Å². The lowest BCUT2D eigenvalue weighted by Gasteiger charge is -2.22. The molecule has 1 atom stereocenters. The molecular formula is C22H19Cl2F3N2O4. The summed E-state index contributed by atoms with van der Waals surface area (Å²) in [6.45, 7) is 1.50. The monoisotopic (exact) mass is 502 g/mol. The van der Waals surface area contributed by atoms with E-state index in [9.17, 15) is 27.6 Å². The zero-order valence-corrected chi connectivity index (χ0v) is 19.0. The van der Waals surface area contributed by atoms with Crippen LogP contribution in [0.2, 0.25) is 5.02 Å². The maximum absolute atomic E-state index is 14.9. The Morgan fingerprint density at radius 1 is 1.15 bits per heavy atom. The summed E-state index contributed by atoms with van der Waals surface area (Å²) in [4.78, 5) is 36.1. The first-order chi connectivity index (χ1) is 15.4. The number of hydrogen-bond acceptors (Lipinski definition) is 4. The number of esters is 1. The van der Waals surface area contributed by atoms with Crippen molar-refractivity contribution in [1.29, 1.82) is 0 Å². The van der Waals surface area contributed by atoms with Gasteiger partial charge in [-0.15, -0.1) is 0 Å². The van der Waals surface area contributed by atoms with E-state index in [1.165, 1.54) is 44.4 Å². The van der Waals surface area contributed by atoms with Gasteiger partial charge in [-0.25, -0.2) is 9.18 Å². The molecular weight excluding hydrogens is 484 g/mol. The molecule has 6 nitrogen and oxygen atoms in total. The molecule has 11 heteroatoms. The molecule has 0 bridgehead atoms. The number of carbonyl (C=O) groups is 3. The Labute approximate surface area is 197 Å². The predicted molar refractivity (Wildman–Crippen MR) is 116 cm³/mol. The molecule has 3 rings (SSSR count). The SMILES string of the molecule is COC(=O)c1ccc(Cl)cc1-c1ccc([C@@H](C)NC(=O)C2(NC(=O)C(F)(F)Cl)CC2)c(F)c1. The van der Waals surface area contributed by atoms with Gasteiger partial charge in [0, 0.05) is 10.6 Å². The van der Waals surface area contributed by atoms with Crippen LogP contribution in [0, 0.1) is 5.82 Å². The minimum absolute atomic E-state index is 0.110. The highest BCUT2D eigenvalue weighted by Crippen LogP contribution is 2.38. The second kappa shape index (κ2) is 9.23. The van der Waals surface area contributed by atoms with Crippen LogP contribution in [0.3, 0.4) is 0 Å². The van der Waals surface area contributed by atoms with Crippen LogP contribution in [0.15, 0.2) is 36.4 Å². The van der Waals surface area contributed by atoms with Gasteiger partial charge in [-0.05, 0) is 66.8 Å². The molecule has 0 spiro atoms. The van der Waals surface area contributed by atoms with Crippen molar-refractivity contribution in [3.63, 3.8) is 0 Å². The van der Waals surface area contributed by atoms with E-state index < -0.39 is 40.6 Å². The lowest BCUT2D eigenvalue weighted by atomic mass is 9.96. The van der Waals surface area contributed by atoms with Crippen molar-refractivity contribution in [2.45, 2.75) is 36.7 Å². The number of benzene rings is 2. The summed E-state index contributed by atoms with van der Waals surface area (Å²) >= 11 is 10.7. The fourth-order valence-corrected chi connectivity index (χ4v) is 3.54. The summed E-state index contributed by atoms with van der Waals surface area (Å²) in [6.07, 6.45) is 0.299. The van der Waals surface area contributed by atoms with Crippen LogP contribution in [0.4, 0.5) is 13.2 Å². The Balaban J connectivity index is 1.80. The third-order valence-corrected chi connectivity index (χ3v) is 5.71. The molecule has 0 heterocycles. The summed E-state index contributed by atoms with van der Waals surface area (Å²) in [5, 5.41) is 0.670. The third-order valence-electron chi connectivity index (χ3n) is 5.31. The van der Waals surface area contributed by atoms with Gasteiger partial charge in [0.2, 0.25) is 5.91 Å². The standard InChI is InChI=1S/C22H19Cl2F3N2O4/c1-11(28-19(31)21(7-8-21)29-20(32)22(24,26)27)14-5-3-12(9-17(14)25)16-10-13(23)4-6-15(16)18(30)33-2/h3-6,9-11H,7-8H2,1-2H3,(H,28,31)(H,29,32)/t11-/m1/s1. The summed E-state index contributed by atoms with van der Waals surface area (Å²) in [5.74, 6) is -3.80. The number of halogens is 5. The van der Waals surface area contributed by atoms with Gasteiger partial charge in [-0.2, -0.15) is 8.78 Å². The topological polar surface area (TPSA) is 84.5 Å². The van der Waals surface area contributed by atoms with E-state index in [0.717, 1.165) is 0 Å². The van der Waals surface area contributed by atoms with Crippen LogP contribution >= 0.6 is 23.2 Å². The smallest absolute Gasteiger partial charge is 0.399 e. The van der Waals surface area contributed by atoms with Gasteiger partial charge in [0.15, 0.2) is 0 Å². The zero-order valence-electron chi connectivity index (χ0n) is 17.5. The lowest BCUT2D eigenvalue weighted by Crippen LogP contribution is -2.52. The molecule has 2 amide bonds. The molecule has 1 aliphatic rings. The first kappa shape index (κ1) is 24.9. The highest BCUT2D eigenvalue weighted by Gasteiger charge is 2.54. The minimum atomic E-state index is -4.15. The van der Waals surface area contributed by atoms with Crippen LogP contribution in [0.1, 0.15) is 41.7 Å². The summed E-state index contributed by atoms with van der Waals surface area (Å²) in [6, 6.07) is 7.76. The van der Waals surface area contributed by atoms with Crippen molar-refractivity contribution >= 4 is 41.0 Å². The van der Waals surface area contributed by atoms with Gasteiger partial charge < -0.3 is 15.4 Å². The first-order valence-electron chi connectivity index (χ1n) is 9.76. The predicted octanol–water partition coefficient (Wildman–Crippen LogP) is 4.59. The van der Waals surface area contributed by atoms with Crippen LogP contribution in [0.5, 0.6) is 0 Å². The largest absolute Gasteiger partial charge is 0.465 e. The molecule has 1 saturated carbocycles. The van der Waals surface area contributed by atoms with Crippen molar-refractivity contribution in [2.24, 2.45) is 0 Å². The molecule has 0 saturated heterocycles. The molecule has 0 radical (unpaired) electrons. The normalized spacial score (nSPS) is 15.4. The molecule has 0 unspecified atom stereocenters. The Hall–Kier alpha value is -2.78. The van der Waals surface area contributed by atoms with Gasteiger partial charge in [-0.1, -0.05) is 23.7 Å². The van der Waals surface area contributed by atoms with Gasteiger partial charge >= 0.3 is 17.3 Å². The molecule has 0 aromatic heterocycles. The van der Waals surface area contributed by atoms with Crippen molar-refractivity contribution in [3.8, 4) is 11.1 Å². The fourth-order valence-electron chi connectivity index (χ4n) is 3.32. The molecule has 1 aliphatic carbocycles. The summed E-state index contributed by atoms with van der Waals surface area (Å²) < 4.78 is 45.6. The Morgan fingerprint density at radius 3 is 2.36 bits per heavy atom. The van der Waals surface area contributed by atoms with Crippen molar-refractivity contribution in [3.05, 3.63) is 58.4 Å². The first-order valence-corrected chi connectivity index (χ1v) is 10.5. The lowest BCUT2D eigenvalue weighted by molar-refractivity contribution is -0.139. The maximum atomic E-state index is 14.9. The second-order valence-corrected chi connectivity index (χ2v) is 8.56. The van der Waals surface area contributed by atoms with E-state index >= 15 is 0 Å². The highest BCUT2D eigenvalue weighted by atomic mass is 35.5. The van der Waals surface area contributed by atoms with Gasteiger partial charge in [0.1, 0.15) is 11.4 Å². The van der Waals surface area contributed by atoms with Gasteiger partial charge in [-0.3, -0.25) is 9.59 Å². The molecule has 2 N–H and O–H groups in total. The fraction of sp³-hybridized carbons (Fsp3) is 0.318. The summed E-state index contributed by atoms with van der Waals surface area (Å²) in [5.41, 5.74) is -0.487. The molecule has 1 fully saturated rings. The van der Waals surface area contributed by atoms with Gasteiger partial charge in [0.05, 0.1) is 18.7 Å². The number of carbonyl (C=O) groups excluding carboxylic acids is 3. The van der Waals surface area contributed by atoms with E-state index in [0.29, 0.717) is 16.1 Å². The second-order valence-electron chi connectivity index (χ2n) is 7.65. The van der Waals surface area contributed by atoms with Crippen molar-refractivity contribution in [1.82, 2.24) is 10.6 Å². The number of amides is 2. The Kier molecular flexibility index (Phi) is 6.95. The van der Waals surface area contributed by atoms with Crippen molar-refractivity contribution < 1.29 is 32.3 Å². The number of hydrogen-bond donors (Lipinski definition) is 2. The number of nitrogens with one attached hydrogen (secondary N) is 2. The quantitative estimate of drug-likeness (QED) is 0.428. The van der Waals surface area contributed by atoms with Crippen molar-refractivity contribution in [2.75, 3.05) is 7.11 Å².